The molecule has 5 rings (SSSR count). The highest BCUT2D eigenvalue weighted by atomic mass is 32.2. The van der Waals surface area contributed by atoms with Crippen molar-refractivity contribution in [2.75, 3.05) is 37.6 Å². The smallest absolute Gasteiger partial charge is 0.359 e. The van der Waals surface area contributed by atoms with Crippen LogP contribution in [0.3, 0.4) is 0 Å². The number of benzene rings is 2. The summed E-state index contributed by atoms with van der Waals surface area (Å²) in [6.45, 7) is 4.61. The SMILES string of the molecule is COCO[C@H]1Cn2c(=O)nc(N3C[C@@H](C)N[C@@H](C)C3)c3cc(C(F)(F)F)cc(c32)[SH](c2ccc(F)cc2F)C1. The van der Waals surface area contributed by atoms with Gasteiger partial charge in [-0.05, 0) is 38.1 Å². The molecule has 3 heterocycles. The molecule has 1 saturated heterocycles. The lowest BCUT2D eigenvalue weighted by molar-refractivity contribution is -0.137. The van der Waals surface area contributed by atoms with Gasteiger partial charge < -0.3 is 19.7 Å². The highest BCUT2D eigenvalue weighted by Crippen LogP contribution is 2.52. The quantitative estimate of drug-likeness (QED) is 0.270. The Hall–Kier alpha value is -2.74. The van der Waals surface area contributed by atoms with Crippen LogP contribution in [0.15, 0.2) is 44.9 Å². The summed E-state index contributed by atoms with van der Waals surface area (Å²) in [4.78, 5) is 19.8. The zero-order chi connectivity index (χ0) is 28.1. The summed E-state index contributed by atoms with van der Waals surface area (Å²) < 4.78 is 83.9. The molecule has 0 aliphatic carbocycles. The van der Waals surface area contributed by atoms with Gasteiger partial charge in [0, 0.05) is 59.3 Å². The molecule has 7 nitrogen and oxygen atoms in total. The van der Waals surface area contributed by atoms with Crippen LogP contribution in [0.5, 0.6) is 0 Å². The van der Waals surface area contributed by atoms with Gasteiger partial charge in [-0.15, -0.1) is 0 Å². The van der Waals surface area contributed by atoms with Crippen LogP contribution in [-0.2, 0) is 22.2 Å². The molecule has 0 bridgehead atoms. The summed E-state index contributed by atoms with van der Waals surface area (Å²) in [5, 5.41) is 3.52. The standard InChI is InChI=1S/C26H29F5N4O3S/c1-14-9-34(10-15(2)32-14)24-19-6-16(26(29,30)31)7-22-23(19)35(25(36)33-24)11-18(38-13-37-3)12-39(22)21-5-4-17(27)8-20(21)28/h4-8,14-15,18,32,39H,9-13H2,1-3H3/t14-,15+,18-/m0/s1. The Morgan fingerprint density at radius 3 is 2.44 bits per heavy atom. The minimum absolute atomic E-state index is 0.00578. The van der Waals surface area contributed by atoms with Crippen molar-refractivity contribution in [3.05, 3.63) is 58.0 Å². The summed E-state index contributed by atoms with van der Waals surface area (Å²) >= 11 is 0. The van der Waals surface area contributed by atoms with Crippen LogP contribution >= 0.6 is 10.9 Å². The van der Waals surface area contributed by atoms with E-state index >= 15 is 4.39 Å². The lowest BCUT2D eigenvalue weighted by atomic mass is 10.1. The van der Waals surface area contributed by atoms with Gasteiger partial charge >= 0.3 is 11.9 Å². The van der Waals surface area contributed by atoms with Crippen LogP contribution in [0.1, 0.15) is 19.4 Å². The Morgan fingerprint density at radius 1 is 1.08 bits per heavy atom. The predicted molar refractivity (Wildman–Crippen MR) is 139 cm³/mol. The van der Waals surface area contributed by atoms with Gasteiger partial charge in [-0.3, -0.25) is 4.57 Å². The lowest BCUT2D eigenvalue weighted by Gasteiger charge is -2.37. The first-order valence-electron chi connectivity index (χ1n) is 12.5. The Bertz CT molecular complexity index is 1440. The van der Waals surface area contributed by atoms with Gasteiger partial charge in [-0.1, -0.05) is 0 Å². The monoisotopic (exact) mass is 572 g/mol. The van der Waals surface area contributed by atoms with Crippen molar-refractivity contribution in [2.45, 2.75) is 54.5 Å². The van der Waals surface area contributed by atoms with Gasteiger partial charge in [0.15, 0.2) is 0 Å². The fourth-order valence-corrected chi connectivity index (χ4v) is 8.07. The minimum Gasteiger partial charge on any atom is -0.359 e. The zero-order valence-corrected chi connectivity index (χ0v) is 22.5. The molecule has 2 aliphatic rings. The Morgan fingerprint density at radius 2 is 1.79 bits per heavy atom. The van der Waals surface area contributed by atoms with E-state index < -0.39 is 46.1 Å². The third kappa shape index (κ3) is 5.49. The second-order valence-electron chi connectivity index (χ2n) is 9.99. The van der Waals surface area contributed by atoms with E-state index in [-0.39, 0.29) is 57.7 Å². The molecule has 212 valence electrons. The van der Waals surface area contributed by atoms with Gasteiger partial charge in [-0.2, -0.15) is 29.1 Å². The molecule has 1 unspecified atom stereocenters. The molecule has 2 aliphatic heterocycles. The summed E-state index contributed by atoms with van der Waals surface area (Å²) in [5.74, 6) is -1.42. The molecule has 1 fully saturated rings. The van der Waals surface area contributed by atoms with Crippen molar-refractivity contribution >= 4 is 27.6 Å². The second kappa shape index (κ2) is 10.7. The van der Waals surface area contributed by atoms with E-state index in [0.717, 1.165) is 18.2 Å². The number of thiol groups is 1. The molecule has 3 aromatic rings. The number of hydrogen-bond acceptors (Lipinski definition) is 6. The van der Waals surface area contributed by atoms with Crippen LogP contribution < -0.4 is 15.9 Å². The third-order valence-electron chi connectivity index (χ3n) is 6.90. The summed E-state index contributed by atoms with van der Waals surface area (Å²) in [6, 6.07) is 5.06. The minimum atomic E-state index is -4.71. The lowest BCUT2D eigenvalue weighted by Crippen LogP contribution is -2.55. The molecule has 0 radical (unpaired) electrons. The number of methoxy groups -OCH3 is 1. The Labute approximate surface area is 224 Å². The number of alkyl halides is 3. The number of piperazine rings is 1. The van der Waals surface area contributed by atoms with E-state index in [1.807, 2.05) is 18.7 Å². The van der Waals surface area contributed by atoms with E-state index in [9.17, 15) is 22.4 Å². The second-order valence-corrected chi connectivity index (χ2v) is 12.2. The van der Waals surface area contributed by atoms with Crippen molar-refractivity contribution in [3.63, 3.8) is 0 Å². The van der Waals surface area contributed by atoms with Gasteiger partial charge in [0.1, 0.15) is 24.2 Å². The van der Waals surface area contributed by atoms with Crippen LogP contribution in [0.2, 0.25) is 0 Å². The van der Waals surface area contributed by atoms with Crippen LogP contribution in [0.25, 0.3) is 10.9 Å². The fourth-order valence-electron chi connectivity index (χ4n) is 5.42. The number of hydrogen-bond donors (Lipinski definition) is 2. The van der Waals surface area contributed by atoms with E-state index in [4.69, 9.17) is 9.47 Å². The first-order valence-corrected chi connectivity index (χ1v) is 14.0. The molecule has 2 aromatic carbocycles. The fraction of sp³-hybridized carbons (Fsp3) is 0.462. The molecule has 0 saturated carbocycles. The summed E-state index contributed by atoms with van der Waals surface area (Å²) in [5.41, 5.74) is -1.31. The summed E-state index contributed by atoms with van der Waals surface area (Å²) in [6.07, 6.45) is -5.41. The average Bonchev–Trinajstić information content (AvgIpc) is 3.01. The van der Waals surface area contributed by atoms with Gasteiger partial charge in [0.2, 0.25) is 0 Å². The topological polar surface area (TPSA) is 68.6 Å². The normalized spacial score (nSPS) is 24.7. The van der Waals surface area contributed by atoms with Crippen molar-refractivity contribution in [1.82, 2.24) is 14.9 Å². The van der Waals surface area contributed by atoms with Gasteiger partial charge in [0.05, 0.1) is 23.7 Å². The largest absolute Gasteiger partial charge is 0.416 e. The maximum absolute atomic E-state index is 15.2. The third-order valence-corrected chi connectivity index (χ3v) is 9.54. The first kappa shape index (κ1) is 27.8. The number of rotatable bonds is 5. The number of ether oxygens (including phenoxy) is 2. The van der Waals surface area contributed by atoms with Gasteiger partial charge in [-0.25, -0.2) is 13.6 Å². The molecule has 4 atom stereocenters. The Balaban J connectivity index is 1.83. The molecule has 0 spiro atoms. The molecular formula is C26H29F5N4O3S. The molecular weight excluding hydrogens is 543 g/mol. The number of nitrogens with zero attached hydrogens (tertiary/aromatic N) is 3. The number of nitrogens with one attached hydrogen (secondary N) is 1. The Kier molecular flexibility index (Phi) is 7.61. The zero-order valence-electron chi connectivity index (χ0n) is 21.6. The van der Waals surface area contributed by atoms with E-state index in [1.165, 1.54) is 17.7 Å². The number of anilines is 1. The van der Waals surface area contributed by atoms with Crippen LogP contribution in [-0.4, -0.2) is 60.5 Å². The summed E-state index contributed by atoms with van der Waals surface area (Å²) in [7, 11) is -0.435. The van der Waals surface area contributed by atoms with Crippen LogP contribution in [0, 0.1) is 11.6 Å². The average molecular weight is 573 g/mol. The van der Waals surface area contributed by atoms with Crippen molar-refractivity contribution in [3.8, 4) is 0 Å². The predicted octanol–water partition coefficient (Wildman–Crippen LogP) is 4.30. The van der Waals surface area contributed by atoms with Crippen LogP contribution in [0.4, 0.5) is 27.8 Å². The molecule has 1 aromatic heterocycles. The maximum atomic E-state index is 15.2. The number of halogens is 5. The molecule has 0 amide bonds. The van der Waals surface area contributed by atoms with Crippen molar-refractivity contribution in [2.24, 2.45) is 0 Å². The highest BCUT2D eigenvalue weighted by Gasteiger charge is 2.37. The maximum Gasteiger partial charge on any atom is 0.416 e. The first-order chi connectivity index (χ1) is 18.5. The number of aromatic nitrogens is 2. The van der Waals surface area contributed by atoms with Gasteiger partial charge in [0.25, 0.3) is 0 Å². The van der Waals surface area contributed by atoms with E-state index in [2.05, 4.69) is 10.3 Å². The van der Waals surface area contributed by atoms with E-state index in [1.54, 1.807) is 0 Å². The molecule has 13 heteroatoms. The van der Waals surface area contributed by atoms with E-state index in [0.29, 0.717) is 19.2 Å². The van der Waals surface area contributed by atoms with Crippen molar-refractivity contribution in [1.29, 1.82) is 0 Å². The highest BCUT2D eigenvalue weighted by molar-refractivity contribution is 8.17. The molecule has 39 heavy (non-hydrogen) atoms. The molecule has 1 N–H and O–H groups in total. The van der Waals surface area contributed by atoms with Crippen molar-refractivity contribution < 1.29 is 31.4 Å².